The lowest BCUT2D eigenvalue weighted by molar-refractivity contribution is -0.469. The second-order valence-corrected chi connectivity index (χ2v) is 3.95. The fourth-order valence-electron chi connectivity index (χ4n) is 1.76. The highest BCUT2D eigenvalue weighted by atomic mass is 16.6. The molecule has 0 atom stereocenters. The Labute approximate surface area is 103 Å². The molecule has 0 saturated heterocycles. The van der Waals surface area contributed by atoms with Gasteiger partial charge < -0.3 is 4.74 Å². The van der Waals surface area contributed by atoms with Crippen LogP contribution < -0.4 is 4.74 Å². The monoisotopic (exact) mass is 245 g/mol. The van der Waals surface area contributed by atoms with Crippen molar-refractivity contribution in [1.82, 2.24) is 0 Å². The maximum absolute atomic E-state index is 11.3. The van der Waals surface area contributed by atoms with Gasteiger partial charge in [-0.2, -0.15) is 0 Å². The zero-order valence-electron chi connectivity index (χ0n) is 9.75. The summed E-state index contributed by atoms with van der Waals surface area (Å²) in [5, 5.41) is 11.9. The minimum Gasteiger partial charge on any atom is -0.421 e. The number of benzene rings is 2. The summed E-state index contributed by atoms with van der Waals surface area (Å²) in [6.07, 6.45) is 0. The predicted molar refractivity (Wildman–Crippen MR) is 66.2 cm³/mol. The Kier molecular flexibility index (Phi) is 3.23. The molecule has 2 aromatic rings. The summed E-state index contributed by atoms with van der Waals surface area (Å²) in [5.41, 5.74) is 0.928. The van der Waals surface area contributed by atoms with Crippen LogP contribution in [0.15, 0.2) is 36.4 Å². The number of nitro groups is 1. The van der Waals surface area contributed by atoms with Crippen LogP contribution >= 0.6 is 0 Å². The average molecular weight is 245 g/mol. The van der Waals surface area contributed by atoms with Crippen LogP contribution in [0.5, 0.6) is 5.75 Å². The van der Waals surface area contributed by atoms with Crippen molar-refractivity contribution in [3.63, 3.8) is 0 Å². The maximum atomic E-state index is 11.3. The molecule has 0 unspecified atom stereocenters. The molecule has 0 aliphatic rings. The van der Waals surface area contributed by atoms with Gasteiger partial charge in [0.2, 0.25) is 0 Å². The van der Waals surface area contributed by atoms with Crippen LogP contribution in [0.3, 0.4) is 0 Å². The first-order chi connectivity index (χ1) is 8.56. The van der Waals surface area contributed by atoms with E-state index in [0.29, 0.717) is 5.75 Å². The molecule has 0 aromatic heterocycles. The molecule has 0 bridgehead atoms. The molecule has 0 fully saturated rings. The second kappa shape index (κ2) is 4.83. The van der Waals surface area contributed by atoms with Crippen molar-refractivity contribution >= 4 is 16.7 Å². The standard InChI is InChI=1S/C13H11NO4/c1-9-6-10-4-2-3-5-11(10)12(7-9)18-13(15)8-14(16)17/h2-7H,8H2,1H3. The van der Waals surface area contributed by atoms with Gasteiger partial charge in [-0.15, -0.1) is 0 Å². The lowest BCUT2D eigenvalue weighted by atomic mass is 10.1. The van der Waals surface area contributed by atoms with Gasteiger partial charge in [0.1, 0.15) is 5.75 Å². The average Bonchev–Trinajstić information content (AvgIpc) is 2.27. The van der Waals surface area contributed by atoms with Crippen LogP contribution in [-0.2, 0) is 4.79 Å². The highest BCUT2D eigenvalue weighted by Crippen LogP contribution is 2.27. The van der Waals surface area contributed by atoms with E-state index in [1.165, 1.54) is 0 Å². The third kappa shape index (κ3) is 2.63. The summed E-state index contributed by atoms with van der Waals surface area (Å²) < 4.78 is 5.04. The van der Waals surface area contributed by atoms with Crippen molar-refractivity contribution in [2.75, 3.05) is 6.54 Å². The minimum atomic E-state index is -0.865. The van der Waals surface area contributed by atoms with Gasteiger partial charge in [0.15, 0.2) is 0 Å². The fraction of sp³-hybridized carbons (Fsp3) is 0.154. The van der Waals surface area contributed by atoms with E-state index >= 15 is 0 Å². The van der Waals surface area contributed by atoms with Crippen LogP contribution in [0.1, 0.15) is 5.56 Å². The molecule has 0 amide bonds. The van der Waals surface area contributed by atoms with E-state index in [9.17, 15) is 14.9 Å². The molecule has 2 rings (SSSR count). The van der Waals surface area contributed by atoms with Crippen molar-refractivity contribution in [3.05, 3.63) is 52.1 Å². The first-order valence-electron chi connectivity index (χ1n) is 5.38. The molecule has 0 radical (unpaired) electrons. The fourth-order valence-corrected chi connectivity index (χ4v) is 1.76. The van der Waals surface area contributed by atoms with E-state index in [1.807, 2.05) is 37.3 Å². The maximum Gasteiger partial charge on any atom is 0.383 e. The molecule has 0 N–H and O–H groups in total. The van der Waals surface area contributed by atoms with Crippen molar-refractivity contribution in [1.29, 1.82) is 0 Å². The Morgan fingerprint density at radius 3 is 2.78 bits per heavy atom. The van der Waals surface area contributed by atoms with Crippen LogP contribution in [0, 0.1) is 17.0 Å². The highest BCUT2D eigenvalue weighted by Gasteiger charge is 2.14. The minimum absolute atomic E-state index is 0.359. The Hall–Kier alpha value is -2.43. The Balaban J connectivity index is 2.38. The number of nitrogens with zero attached hydrogens (tertiary/aromatic N) is 1. The SMILES string of the molecule is Cc1cc(OC(=O)C[N+](=O)[O-])c2ccccc2c1. The van der Waals surface area contributed by atoms with Gasteiger partial charge in [-0.3, -0.25) is 10.1 Å². The number of hydrogen-bond donors (Lipinski definition) is 0. The quantitative estimate of drug-likeness (QED) is 0.360. The first kappa shape index (κ1) is 12.0. The van der Waals surface area contributed by atoms with Crippen LogP contribution in [-0.4, -0.2) is 17.4 Å². The van der Waals surface area contributed by atoms with E-state index in [4.69, 9.17) is 4.74 Å². The van der Waals surface area contributed by atoms with Gasteiger partial charge in [0, 0.05) is 10.3 Å². The largest absolute Gasteiger partial charge is 0.421 e. The molecule has 0 saturated carbocycles. The van der Waals surface area contributed by atoms with Crippen molar-refractivity contribution in [3.8, 4) is 5.75 Å². The third-order valence-corrected chi connectivity index (χ3v) is 2.45. The third-order valence-electron chi connectivity index (χ3n) is 2.45. The van der Waals surface area contributed by atoms with Gasteiger partial charge >= 0.3 is 5.97 Å². The number of esters is 1. The van der Waals surface area contributed by atoms with Crippen molar-refractivity contribution in [2.45, 2.75) is 6.92 Å². The van der Waals surface area contributed by atoms with Crippen LogP contribution in [0.4, 0.5) is 0 Å². The van der Waals surface area contributed by atoms with E-state index in [2.05, 4.69) is 0 Å². The van der Waals surface area contributed by atoms with Gasteiger partial charge in [-0.1, -0.05) is 30.3 Å². The molecule has 0 spiro atoms. The zero-order chi connectivity index (χ0) is 13.1. The molecular formula is C13H11NO4. The van der Waals surface area contributed by atoms with Gasteiger partial charge in [0.25, 0.3) is 6.54 Å². The number of hydrogen-bond acceptors (Lipinski definition) is 4. The lowest BCUT2D eigenvalue weighted by Crippen LogP contribution is -2.19. The highest BCUT2D eigenvalue weighted by molar-refractivity contribution is 5.91. The summed E-state index contributed by atoms with van der Waals surface area (Å²) in [6, 6.07) is 11.1. The Morgan fingerprint density at radius 1 is 1.33 bits per heavy atom. The van der Waals surface area contributed by atoms with E-state index in [0.717, 1.165) is 16.3 Å². The Bertz CT molecular complexity index is 621. The molecule has 0 heterocycles. The van der Waals surface area contributed by atoms with Crippen LogP contribution in [0.2, 0.25) is 0 Å². The first-order valence-corrected chi connectivity index (χ1v) is 5.38. The number of aryl methyl sites for hydroxylation is 1. The zero-order valence-corrected chi connectivity index (χ0v) is 9.75. The number of ether oxygens (including phenoxy) is 1. The summed E-state index contributed by atoms with van der Waals surface area (Å²) in [5.74, 6) is -0.506. The van der Waals surface area contributed by atoms with Crippen molar-refractivity contribution in [2.24, 2.45) is 0 Å². The molecule has 0 aliphatic carbocycles. The molecule has 2 aromatic carbocycles. The number of rotatable bonds is 3. The van der Waals surface area contributed by atoms with E-state index in [1.54, 1.807) is 6.07 Å². The lowest BCUT2D eigenvalue weighted by Gasteiger charge is -2.07. The van der Waals surface area contributed by atoms with Gasteiger partial charge in [0.05, 0.1) is 0 Å². The predicted octanol–water partition coefficient (Wildman–Crippen LogP) is 2.33. The molecule has 5 heteroatoms. The van der Waals surface area contributed by atoms with Gasteiger partial charge in [-0.05, 0) is 23.9 Å². The smallest absolute Gasteiger partial charge is 0.383 e. The molecule has 18 heavy (non-hydrogen) atoms. The van der Waals surface area contributed by atoms with Crippen molar-refractivity contribution < 1.29 is 14.5 Å². The summed E-state index contributed by atoms with van der Waals surface area (Å²) in [6.45, 7) is 1.04. The molecule has 92 valence electrons. The molecular weight excluding hydrogens is 234 g/mol. The number of carbonyl (C=O) groups is 1. The second-order valence-electron chi connectivity index (χ2n) is 3.95. The van der Waals surface area contributed by atoms with Crippen LogP contribution in [0.25, 0.3) is 10.8 Å². The van der Waals surface area contributed by atoms with Gasteiger partial charge in [-0.25, -0.2) is 4.79 Å². The number of fused-ring (bicyclic) bond motifs is 1. The summed E-state index contributed by atoms with van der Waals surface area (Å²) >= 11 is 0. The molecule has 0 aliphatic heterocycles. The Morgan fingerprint density at radius 2 is 2.06 bits per heavy atom. The molecule has 5 nitrogen and oxygen atoms in total. The van der Waals surface area contributed by atoms with E-state index < -0.39 is 17.4 Å². The topological polar surface area (TPSA) is 69.4 Å². The summed E-state index contributed by atoms with van der Waals surface area (Å²) in [4.78, 5) is 20.8. The number of carbonyl (C=O) groups excluding carboxylic acids is 1. The van der Waals surface area contributed by atoms with E-state index in [-0.39, 0.29) is 0 Å². The normalized spacial score (nSPS) is 10.3. The summed E-state index contributed by atoms with van der Waals surface area (Å²) in [7, 11) is 0.